The van der Waals surface area contributed by atoms with Crippen molar-refractivity contribution < 1.29 is 31.5 Å². The van der Waals surface area contributed by atoms with Crippen molar-refractivity contribution in [3.8, 4) is 5.75 Å². The Morgan fingerprint density at radius 3 is 2.49 bits per heavy atom. The molecule has 1 amide bonds. The third-order valence-corrected chi connectivity index (χ3v) is 11.7. The Morgan fingerprint density at radius 1 is 1.15 bits per heavy atom. The van der Waals surface area contributed by atoms with Crippen LogP contribution in [-0.4, -0.2) is 75.9 Å². The van der Waals surface area contributed by atoms with Crippen molar-refractivity contribution in [3.63, 3.8) is 0 Å². The fourth-order valence-electron chi connectivity index (χ4n) is 4.56. The molecule has 0 bridgehead atoms. The van der Waals surface area contributed by atoms with Crippen LogP contribution in [0, 0.1) is 12.8 Å². The monoisotopic (exact) mass is 621 g/mol. The van der Waals surface area contributed by atoms with Crippen LogP contribution in [0.15, 0.2) is 69.1 Å². The molecule has 0 fully saturated rings. The van der Waals surface area contributed by atoms with E-state index in [0.717, 1.165) is 16.9 Å². The van der Waals surface area contributed by atoms with Gasteiger partial charge in [-0.05, 0) is 55.6 Å². The lowest BCUT2D eigenvalue weighted by atomic mass is 10.0. The van der Waals surface area contributed by atoms with E-state index in [1.165, 1.54) is 23.5 Å². The molecule has 0 saturated heterocycles. The molecular formula is C28H35N3O7S3. The first-order valence-electron chi connectivity index (χ1n) is 13.1. The molecule has 41 heavy (non-hydrogen) atoms. The van der Waals surface area contributed by atoms with Gasteiger partial charge in [0.05, 0.1) is 30.5 Å². The van der Waals surface area contributed by atoms with E-state index in [0.29, 0.717) is 11.3 Å². The Bertz CT molecular complexity index is 1570. The van der Waals surface area contributed by atoms with Gasteiger partial charge in [-0.25, -0.2) is 16.8 Å². The average Bonchev–Trinajstić information content (AvgIpc) is 3.48. The van der Waals surface area contributed by atoms with Gasteiger partial charge in [-0.1, -0.05) is 30.7 Å². The summed E-state index contributed by atoms with van der Waals surface area (Å²) in [4.78, 5) is 15.1. The Labute approximate surface area is 245 Å². The molecule has 0 aliphatic carbocycles. The highest BCUT2D eigenvalue weighted by Crippen LogP contribution is 2.31. The van der Waals surface area contributed by atoms with Crippen molar-refractivity contribution >= 4 is 43.0 Å². The summed E-state index contributed by atoms with van der Waals surface area (Å²) in [5.41, 5.74) is 1.62. The van der Waals surface area contributed by atoms with Crippen molar-refractivity contribution in [2.75, 3.05) is 31.5 Å². The topological polar surface area (TPSA) is 133 Å². The maximum atomic E-state index is 13.4. The number of aliphatic hydroxyl groups is 1. The highest BCUT2D eigenvalue weighted by Gasteiger charge is 2.34. The number of benzene rings is 2. The Balaban J connectivity index is 1.68. The zero-order chi connectivity index (χ0) is 29.9. The van der Waals surface area contributed by atoms with Crippen LogP contribution < -0.4 is 9.46 Å². The quantitative estimate of drug-likeness (QED) is 0.375. The lowest BCUT2D eigenvalue weighted by molar-refractivity contribution is -0.134. The van der Waals surface area contributed by atoms with E-state index in [1.54, 1.807) is 59.7 Å². The van der Waals surface area contributed by atoms with E-state index in [1.807, 2.05) is 13.8 Å². The number of hydrogen-bond donors (Lipinski definition) is 2. The fraction of sp³-hybridized carbons (Fsp3) is 0.393. The lowest BCUT2D eigenvalue weighted by Crippen LogP contribution is -2.48. The number of aliphatic hydroxyl groups excluding tert-OH is 1. The molecule has 222 valence electrons. The van der Waals surface area contributed by atoms with Crippen LogP contribution >= 0.6 is 11.3 Å². The summed E-state index contributed by atoms with van der Waals surface area (Å²) in [5.74, 6) is -0.212. The van der Waals surface area contributed by atoms with Gasteiger partial charge in [0, 0.05) is 30.8 Å². The van der Waals surface area contributed by atoms with Crippen LogP contribution in [0.3, 0.4) is 0 Å². The van der Waals surface area contributed by atoms with Gasteiger partial charge >= 0.3 is 0 Å². The zero-order valence-electron chi connectivity index (χ0n) is 23.3. The number of hydrogen-bond acceptors (Lipinski definition) is 8. The van der Waals surface area contributed by atoms with Crippen molar-refractivity contribution in [2.45, 2.75) is 48.4 Å². The maximum absolute atomic E-state index is 13.4. The SMILES string of the molecule is Cc1ccc(S(=O)(=O)Nc2ccc3c(c2)CC(=O)N([C@@H](C)CO)C[C@@H](C)[C@@H](CN(C)S(=O)(=O)c2cccs2)O3)cc1. The molecule has 0 unspecified atom stereocenters. The van der Waals surface area contributed by atoms with E-state index < -0.39 is 32.2 Å². The first-order valence-corrected chi connectivity index (χ1v) is 16.9. The molecule has 1 aromatic heterocycles. The van der Waals surface area contributed by atoms with Crippen LogP contribution in [0.5, 0.6) is 5.75 Å². The number of nitrogens with one attached hydrogen (secondary N) is 1. The smallest absolute Gasteiger partial charge is 0.261 e. The number of amides is 1. The van der Waals surface area contributed by atoms with E-state index in [2.05, 4.69) is 4.72 Å². The van der Waals surface area contributed by atoms with Crippen LogP contribution in [0.4, 0.5) is 5.69 Å². The molecule has 2 heterocycles. The maximum Gasteiger partial charge on any atom is 0.261 e. The predicted octanol–water partition coefficient (Wildman–Crippen LogP) is 3.33. The number of carbonyl (C=O) groups excluding carboxylic acids is 1. The van der Waals surface area contributed by atoms with Crippen molar-refractivity contribution in [3.05, 3.63) is 71.1 Å². The van der Waals surface area contributed by atoms with Crippen molar-refractivity contribution in [1.82, 2.24) is 9.21 Å². The van der Waals surface area contributed by atoms with Gasteiger partial charge in [-0.2, -0.15) is 4.31 Å². The van der Waals surface area contributed by atoms with E-state index in [-0.39, 0.29) is 52.7 Å². The fourth-order valence-corrected chi connectivity index (χ4v) is 7.99. The number of carbonyl (C=O) groups is 1. The highest BCUT2D eigenvalue weighted by atomic mass is 32.2. The number of thiophene rings is 1. The molecule has 1 aliphatic heterocycles. The molecular weight excluding hydrogens is 587 g/mol. The molecule has 0 saturated carbocycles. The Kier molecular flexibility index (Phi) is 9.44. The molecule has 10 nitrogen and oxygen atoms in total. The number of nitrogens with zero attached hydrogens (tertiary/aromatic N) is 2. The summed E-state index contributed by atoms with van der Waals surface area (Å²) in [5, 5.41) is 11.5. The number of likely N-dealkylation sites (N-methyl/N-ethyl adjacent to an activating group) is 1. The standard InChI is InChI=1S/C28H35N3O7S3/c1-19-7-10-24(11-8-19)40(34,35)29-23-9-12-25-22(14-23)15-27(33)31(21(3)18-32)16-20(2)26(38-25)17-30(4)41(36,37)28-6-5-13-39-28/h5-14,20-21,26,29,32H,15-18H2,1-4H3/t20-,21+,26-/m1/s1. The van der Waals surface area contributed by atoms with E-state index in [4.69, 9.17) is 4.74 Å². The summed E-state index contributed by atoms with van der Waals surface area (Å²) in [6, 6.07) is 13.9. The number of sulfonamides is 2. The number of ether oxygens (including phenoxy) is 1. The Morgan fingerprint density at radius 2 is 1.85 bits per heavy atom. The second-order valence-electron chi connectivity index (χ2n) is 10.3. The predicted molar refractivity (Wildman–Crippen MR) is 158 cm³/mol. The molecule has 4 rings (SSSR count). The van der Waals surface area contributed by atoms with Crippen LogP contribution in [0.25, 0.3) is 0 Å². The summed E-state index contributed by atoms with van der Waals surface area (Å²) in [7, 11) is -6.15. The second-order valence-corrected chi connectivity index (χ2v) is 15.2. The third-order valence-electron chi connectivity index (χ3n) is 7.10. The highest BCUT2D eigenvalue weighted by molar-refractivity contribution is 7.92. The molecule has 0 spiro atoms. The van der Waals surface area contributed by atoms with Crippen LogP contribution in [0.1, 0.15) is 25.0 Å². The van der Waals surface area contributed by atoms with Gasteiger partial charge in [0.1, 0.15) is 16.1 Å². The largest absolute Gasteiger partial charge is 0.488 e. The van der Waals surface area contributed by atoms with Gasteiger partial charge in [0.15, 0.2) is 0 Å². The molecule has 0 radical (unpaired) electrons. The molecule has 3 atom stereocenters. The third kappa shape index (κ3) is 7.09. The molecule has 2 N–H and O–H groups in total. The molecule has 3 aromatic rings. The van der Waals surface area contributed by atoms with E-state index >= 15 is 0 Å². The van der Waals surface area contributed by atoms with E-state index in [9.17, 15) is 26.7 Å². The molecule has 1 aliphatic rings. The summed E-state index contributed by atoms with van der Waals surface area (Å²) >= 11 is 1.13. The normalized spacial score (nSPS) is 19.1. The second kappa shape index (κ2) is 12.5. The zero-order valence-corrected chi connectivity index (χ0v) is 25.8. The van der Waals surface area contributed by atoms with Crippen molar-refractivity contribution in [1.29, 1.82) is 0 Å². The van der Waals surface area contributed by atoms with Crippen LogP contribution in [0.2, 0.25) is 0 Å². The van der Waals surface area contributed by atoms with Gasteiger partial charge < -0.3 is 14.7 Å². The lowest BCUT2D eigenvalue weighted by Gasteiger charge is -2.33. The minimum atomic E-state index is -3.89. The van der Waals surface area contributed by atoms with Gasteiger partial charge in [0.25, 0.3) is 20.0 Å². The summed E-state index contributed by atoms with van der Waals surface area (Å²) in [6.07, 6.45) is -0.745. The average molecular weight is 622 g/mol. The Hall–Kier alpha value is -2.97. The first kappa shape index (κ1) is 31.0. The number of anilines is 1. The molecule has 2 aromatic carbocycles. The first-order chi connectivity index (χ1) is 19.3. The number of aryl methyl sites for hydroxylation is 1. The summed E-state index contributed by atoms with van der Waals surface area (Å²) in [6.45, 7) is 5.47. The van der Waals surface area contributed by atoms with Gasteiger partial charge in [-0.3, -0.25) is 9.52 Å². The van der Waals surface area contributed by atoms with Gasteiger partial charge in [0.2, 0.25) is 5.91 Å². The molecule has 13 heteroatoms. The summed E-state index contributed by atoms with van der Waals surface area (Å²) < 4.78 is 62.7. The number of fused-ring (bicyclic) bond motifs is 1. The van der Waals surface area contributed by atoms with Crippen molar-refractivity contribution in [2.24, 2.45) is 5.92 Å². The number of rotatable bonds is 9. The van der Waals surface area contributed by atoms with Crippen LogP contribution in [-0.2, 0) is 31.3 Å². The minimum Gasteiger partial charge on any atom is -0.488 e. The minimum absolute atomic E-state index is 0.0121. The van der Waals surface area contributed by atoms with Gasteiger partial charge in [-0.15, -0.1) is 11.3 Å².